The number of hydrogen-bond donors (Lipinski definition) is 1. The Bertz CT molecular complexity index is 1200. The zero-order chi connectivity index (χ0) is 27.3. The molecule has 4 rings (SSSR count). The summed E-state index contributed by atoms with van der Waals surface area (Å²) in [6.45, 7) is 6.16. The van der Waals surface area contributed by atoms with E-state index in [-0.39, 0.29) is 11.8 Å². The lowest BCUT2D eigenvalue weighted by Gasteiger charge is -2.20. The number of amides is 1. The van der Waals surface area contributed by atoms with Crippen LogP contribution >= 0.6 is 0 Å². The molecule has 0 radical (unpaired) electrons. The van der Waals surface area contributed by atoms with Gasteiger partial charge in [-0.3, -0.25) is 4.79 Å². The van der Waals surface area contributed by atoms with Gasteiger partial charge in [0.15, 0.2) is 11.5 Å². The Morgan fingerprint density at radius 2 is 1.90 bits per heavy atom. The summed E-state index contributed by atoms with van der Waals surface area (Å²) in [6, 6.07) is 14.5. The summed E-state index contributed by atoms with van der Waals surface area (Å²) in [5.41, 5.74) is 3.43. The molecular weight excluding hydrogens is 486 g/mol. The van der Waals surface area contributed by atoms with Gasteiger partial charge in [0, 0.05) is 25.4 Å². The molecule has 1 heterocycles. The molecule has 1 aliphatic rings. The lowest BCUT2D eigenvalue weighted by Crippen LogP contribution is -2.32. The van der Waals surface area contributed by atoms with Crippen molar-refractivity contribution < 1.29 is 14.3 Å². The van der Waals surface area contributed by atoms with Gasteiger partial charge in [-0.2, -0.15) is 0 Å². The number of allylic oxidation sites excluding steroid dienone is 1. The number of nitrogens with zero attached hydrogens (tertiary/aromatic N) is 2. The maximum atomic E-state index is 12.4. The Hall–Kier alpha value is -3.28. The molecule has 0 atom stereocenters. The number of benzene rings is 2. The van der Waals surface area contributed by atoms with Crippen molar-refractivity contribution >= 4 is 16.9 Å². The molecule has 1 N–H and O–H groups in total. The van der Waals surface area contributed by atoms with E-state index in [9.17, 15) is 4.79 Å². The third kappa shape index (κ3) is 8.35. The van der Waals surface area contributed by atoms with Gasteiger partial charge in [0.05, 0.1) is 24.8 Å². The van der Waals surface area contributed by atoms with Crippen molar-refractivity contribution in [2.24, 2.45) is 5.92 Å². The van der Waals surface area contributed by atoms with Gasteiger partial charge in [0.25, 0.3) is 0 Å². The van der Waals surface area contributed by atoms with Crippen molar-refractivity contribution in [1.82, 2.24) is 14.9 Å². The fraction of sp³-hybridized carbons (Fsp3) is 0.515. The summed E-state index contributed by atoms with van der Waals surface area (Å²) in [5, 5.41) is 3.17. The number of ether oxygens (including phenoxy) is 2. The molecule has 0 unspecified atom stereocenters. The average molecular weight is 532 g/mol. The lowest BCUT2D eigenvalue weighted by molar-refractivity contribution is -0.125. The molecule has 1 aromatic heterocycles. The van der Waals surface area contributed by atoms with Crippen LogP contribution in [0, 0.1) is 5.92 Å². The van der Waals surface area contributed by atoms with Gasteiger partial charge in [-0.15, -0.1) is 6.58 Å². The van der Waals surface area contributed by atoms with E-state index in [1.807, 2.05) is 18.2 Å². The second-order valence-electron chi connectivity index (χ2n) is 10.6. The van der Waals surface area contributed by atoms with E-state index in [1.54, 1.807) is 7.11 Å². The number of para-hydroxylation sites is 2. The molecule has 0 bridgehead atoms. The molecule has 0 aliphatic heterocycles. The molecule has 1 aliphatic carbocycles. The first-order valence-corrected chi connectivity index (χ1v) is 14.8. The van der Waals surface area contributed by atoms with E-state index in [2.05, 4.69) is 46.8 Å². The molecule has 2 aromatic carbocycles. The highest BCUT2D eigenvalue weighted by molar-refractivity contribution is 5.78. The van der Waals surface area contributed by atoms with E-state index in [0.29, 0.717) is 6.61 Å². The molecule has 0 spiro atoms. The molecular formula is C33H45N3O3. The number of carbonyl (C=O) groups excluding carboxylic acids is 1. The molecule has 6 heteroatoms. The Labute approximate surface area is 233 Å². The number of unbranched alkanes of at least 4 members (excludes halogenated alkanes) is 3. The zero-order valence-electron chi connectivity index (χ0n) is 23.6. The molecule has 1 saturated carbocycles. The fourth-order valence-corrected chi connectivity index (χ4v) is 5.55. The van der Waals surface area contributed by atoms with Gasteiger partial charge < -0.3 is 19.4 Å². The third-order valence-corrected chi connectivity index (χ3v) is 7.73. The number of rotatable bonds is 16. The largest absolute Gasteiger partial charge is 0.493 e. The molecule has 3 aromatic rings. The minimum Gasteiger partial charge on any atom is -0.493 e. The van der Waals surface area contributed by atoms with E-state index < -0.39 is 0 Å². The van der Waals surface area contributed by atoms with Gasteiger partial charge >= 0.3 is 0 Å². The number of aryl methyl sites for hydroxylation is 2. The van der Waals surface area contributed by atoms with E-state index in [0.717, 1.165) is 99.3 Å². The maximum Gasteiger partial charge on any atom is 0.223 e. The predicted octanol–water partition coefficient (Wildman–Crippen LogP) is 7.04. The average Bonchev–Trinajstić information content (AvgIpc) is 3.32. The number of methoxy groups -OCH3 is 1. The van der Waals surface area contributed by atoms with E-state index in [1.165, 1.54) is 24.8 Å². The molecule has 6 nitrogen and oxygen atoms in total. The van der Waals surface area contributed by atoms with E-state index >= 15 is 0 Å². The van der Waals surface area contributed by atoms with Crippen LogP contribution in [0.4, 0.5) is 0 Å². The summed E-state index contributed by atoms with van der Waals surface area (Å²) in [5.74, 6) is 3.22. The second-order valence-corrected chi connectivity index (χ2v) is 10.6. The SMILES string of the molecule is C=CCc1ccc(OCCCCn2c(CCCCCNC(=O)C3CCCCC3)nc3ccccc32)c(OC)c1. The zero-order valence-corrected chi connectivity index (χ0v) is 23.6. The van der Waals surface area contributed by atoms with Crippen molar-refractivity contribution in [3.63, 3.8) is 0 Å². The van der Waals surface area contributed by atoms with Crippen LogP contribution in [0.15, 0.2) is 55.1 Å². The van der Waals surface area contributed by atoms with Crippen LogP contribution in [0.3, 0.4) is 0 Å². The molecule has 210 valence electrons. The number of fused-ring (bicyclic) bond motifs is 1. The van der Waals surface area contributed by atoms with Crippen LogP contribution in [0.2, 0.25) is 0 Å². The van der Waals surface area contributed by atoms with Crippen LogP contribution in [-0.2, 0) is 24.2 Å². The monoisotopic (exact) mass is 531 g/mol. The molecule has 1 amide bonds. The normalized spacial score (nSPS) is 13.9. The first kappa shape index (κ1) is 28.7. The maximum absolute atomic E-state index is 12.4. The minimum atomic E-state index is 0.244. The Morgan fingerprint density at radius 1 is 1.05 bits per heavy atom. The number of hydrogen-bond acceptors (Lipinski definition) is 4. The topological polar surface area (TPSA) is 65.4 Å². The van der Waals surface area contributed by atoms with Gasteiger partial charge in [-0.25, -0.2) is 4.98 Å². The number of carbonyl (C=O) groups is 1. The second kappa shape index (κ2) is 15.3. The van der Waals surface area contributed by atoms with Crippen LogP contribution in [-0.4, -0.2) is 35.7 Å². The van der Waals surface area contributed by atoms with Crippen molar-refractivity contribution in [2.45, 2.75) is 83.6 Å². The lowest BCUT2D eigenvalue weighted by atomic mass is 9.89. The fourth-order valence-electron chi connectivity index (χ4n) is 5.55. The summed E-state index contributed by atoms with van der Waals surface area (Å²) in [7, 11) is 1.68. The Morgan fingerprint density at radius 3 is 2.72 bits per heavy atom. The number of nitrogens with one attached hydrogen (secondary N) is 1. The third-order valence-electron chi connectivity index (χ3n) is 7.73. The first-order valence-electron chi connectivity index (χ1n) is 14.8. The van der Waals surface area contributed by atoms with Crippen LogP contribution in [0.1, 0.15) is 75.6 Å². The first-order chi connectivity index (χ1) is 19.2. The summed E-state index contributed by atoms with van der Waals surface area (Å²) in [4.78, 5) is 17.3. The summed E-state index contributed by atoms with van der Waals surface area (Å²) >= 11 is 0. The van der Waals surface area contributed by atoms with Gasteiger partial charge in [0.2, 0.25) is 5.91 Å². The van der Waals surface area contributed by atoms with Crippen molar-refractivity contribution in [2.75, 3.05) is 20.3 Å². The van der Waals surface area contributed by atoms with Crippen molar-refractivity contribution in [3.8, 4) is 11.5 Å². The quantitative estimate of drug-likeness (QED) is 0.159. The van der Waals surface area contributed by atoms with Crippen LogP contribution in [0.25, 0.3) is 11.0 Å². The highest BCUT2D eigenvalue weighted by atomic mass is 16.5. The van der Waals surface area contributed by atoms with Gasteiger partial charge in [-0.05, 0) is 74.8 Å². The van der Waals surface area contributed by atoms with Crippen molar-refractivity contribution in [3.05, 3.63) is 66.5 Å². The van der Waals surface area contributed by atoms with Crippen molar-refractivity contribution in [1.29, 1.82) is 0 Å². The van der Waals surface area contributed by atoms with Gasteiger partial charge in [0.1, 0.15) is 5.82 Å². The van der Waals surface area contributed by atoms with Crippen LogP contribution < -0.4 is 14.8 Å². The minimum absolute atomic E-state index is 0.244. The van der Waals surface area contributed by atoms with Gasteiger partial charge in [-0.1, -0.05) is 50.0 Å². The van der Waals surface area contributed by atoms with E-state index in [4.69, 9.17) is 14.5 Å². The highest BCUT2D eigenvalue weighted by Gasteiger charge is 2.20. The number of imidazole rings is 1. The standard InChI is InChI=1S/C33H45N3O3/c1-3-14-26-20-21-30(31(25-26)38-2)39-24-13-12-23-36-29-18-10-9-17-28(29)35-32(36)19-8-5-11-22-34-33(37)27-15-6-4-7-16-27/h3,9-10,17-18,20-21,25,27H,1,4-8,11-16,19,22-24H2,2H3,(H,34,37). The highest BCUT2D eigenvalue weighted by Crippen LogP contribution is 2.29. The molecule has 39 heavy (non-hydrogen) atoms. The molecule has 1 fully saturated rings. The smallest absolute Gasteiger partial charge is 0.223 e. The predicted molar refractivity (Wildman–Crippen MR) is 158 cm³/mol. The Kier molecular flexibility index (Phi) is 11.3. The molecule has 0 saturated heterocycles. The Balaban J connectivity index is 1.21. The van der Waals surface area contributed by atoms with Crippen LogP contribution in [0.5, 0.6) is 11.5 Å². The summed E-state index contributed by atoms with van der Waals surface area (Å²) < 4.78 is 14.0. The number of aromatic nitrogens is 2. The summed E-state index contributed by atoms with van der Waals surface area (Å²) in [6.07, 6.45) is 14.6.